The van der Waals surface area contributed by atoms with E-state index in [1.807, 2.05) is 30.9 Å². The first-order chi connectivity index (χ1) is 15.8. The van der Waals surface area contributed by atoms with Crippen LogP contribution in [0.25, 0.3) is 10.9 Å². The van der Waals surface area contributed by atoms with Crippen LogP contribution >= 0.6 is 0 Å². The summed E-state index contributed by atoms with van der Waals surface area (Å²) in [7, 11) is -1.91. The van der Waals surface area contributed by atoms with Crippen LogP contribution in [0.5, 0.6) is 5.75 Å². The summed E-state index contributed by atoms with van der Waals surface area (Å²) in [6.07, 6.45) is 4.53. The number of nitrogens with zero attached hydrogens (tertiary/aromatic N) is 1. The highest BCUT2D eigenvalue weighted by Gasteiger charge is 2.26. The van der Waals surface area contributed by atoms with Crippen molar-refractivity contribution in [2.45, 2.75) is 50.0 Å². The summed E-state index contributed by atoms with van der Waals surface area (Å²) >= 11 is 0. The maximum Gasteiger partial charge on any atom is 0.253 e. The van der Waals surface area contributed by atoms with Gasteiger partial charge < -0.3 is 14.6 Å². The van der Waals surface area contributed by atoms with Crippen molar-refractivity contribution in [2.75, 3.05) is 20.2 Å². The molecular formula is C25H31N3O4S. The standard InChI is InChI=1S/C25H31N3O4S/c1-4-17(2)27-33(30,31)21-8-5-19(6-9-21)25(29)28-13-11-18(12-14-28)23-16-26-24-10-7-20(32-3)15-22(23)24/h5-10,15-18,26-27H,4,11-14H2,1-3H3. The molecule has 1 amide bonds. The normalized spacial score (nSPS) is 16.2. The fourth-order valence-corrected chi connectivity index (χ4v) is 5.68. The van der Waals surface area contributed by atoms with E-state index in [0.717, 1.165) is 24.1 Å². The lowest BCUT2D eigenvalue weighted by Gasteiger charge is -2.32. The number of benzene rings is 2. The van der Waals surface area contributed by atoms with Gasteiger partial charge in [0, 0.05) is 41.8 Å². The molecule has 1 saturated heterocycles. The molecule has 1 atom stereocenters. The third-order valence-electron chi connectivity index (χ3n) is 6.52. The summed E-state index contributed by atoms with van der Waals surface area (Å²) in [6, 6.07) is 12.1. The fourth-order valence-electron chi connectivity index (χ4n) is 4.36. The number of methoxy groups -OCH3 is 1. The number of aromatic amines is 1. The van der Waals surface area contributed by atoms with Crippen molar-refractivity contribution in [1.29, 1.82) is 0 Å². The molecule has 2 aromatic carbocycles. The van der Waals surface area contributed by atoms with Crippen LogP contribution in [0, 0.1) is 0 Å². The van der Waals surface area contributed by atoms with E-state index >= 15 is 0 Å². The maximum absolute atomic E-state index is 13.0. The van der Waals surface area contributed by atoms with Gasteiger partial charge in [-0.3, -0.25) is 4.79 Å². The van der Waals surface area contributed by atoms with E-state index in [-0.39, 0.29) is 16.8 Å². The number of ether oxygens (including phenoxy) is 1. The van der Waals surface area contributed by atoms with Gasteiger partial charge in [-0.2, -0.15) is 0 Å². The minimum absolute atomic E-state index is 0.0621. The van der Waals surface area contributed by atoms with Gasteiger partial charge >= 0.3 is 0 Å². The Bertz CT molecular complexity index is 1230. The summed E-state index contributed by atoms with van der Waals surface area (Å²) in [5.74, 6) is 1.14. The fraction of sp³-hybridized carbons (Fsp3) is 0.400. The predicted octanol–water partition coefficient (Wildman–Crippen LogP) is 4.27. The number of H-pyrrole nitrogens is 1. The van der Waals surface area contributed by atoms with Gasteiger partial charge in [-0.25, -0.2) is 13.1 Å². The molecule has 8 heteroatoms. The SMILES string of the molecule is CCC(C)NS(=O)(=O)c1ccc(C(=O)N2CCC(c3c[nH]c4ccc(OC)cc34)CC2)cc1. The Morgan fingerprint density at radius 1 is 1.18 bits per heavy atom. The third kappa shape index (κ3) is 4.91. The molecule has 1 aliphatic rings. The zero-order chi connectivity index (χ0) is 23.6. The number of sulfonamides is 1. The van der Waals surface area contributed by atoms with E-state index in [4.69, 9.17) is 4.74 Å². The van der Waals surface area contributed by atoms with Gasteiger partial charge in [0.25, 0.3) is 5.91 Å². The Balaban J connectivity index is 1.42. The number of likely N-dealkylation sites (tertiary alicyclic amines) is 1. The van der Waals surface area contributed by atoms with Crippen LogP contribution in [0.1, 0.15) is 54.9 Å². The van der Waals surface area contributed by atoms with Crippen molar-refractivity contribution in [3.05, 3.63) is 59.8 Å². The van der Waals surface area contributed by atoms with Gasteiger partial charge in [0.05, 0.1) is 12.0 Å². The Labute approximate surface area is 195 Å². The molecule has 7 nitrogen and oxygen atoms in total. The third-order valence-corrected chi connectivity index (χ3v) is 8.13. The number of piperidine rings is 1. The number of fused-ring (bicyclic) bond motifs is 1. The van der Waals surface area contributed by atoms with Gasteiger partial charge in [0.1, 0.15) is 5.75 Å². The van der Waals surface area contributed by atoms with Crippen molar-refractivity contribution < 1.29 is 17.9 Å². The summed E-state index contributed by atoms with van der Waals surface area (Å²) in [5, 5.41) is 1.17. The molecular weight excluding hydrogens is 438 g/mol. The summed E-state index contributed by atoms with van der Waals surface area (Å²) < 4.78 is 32.9. The highest BCUT2D eigenvalue weighted by molar-refractivity contribution is 7.89. The molecule has 1 unspecified atom stereocenters. The molecule has 0 saturated carbocycles. The first-order valence-corrected chi connectivity index (χ1v) is 12.9. The van der Waals surface area contributed by atoms with Crippen LogP contribution < -0.4 is 9.46 Å². The Hall–Kier alpha value is -2.84. The lowest BCUT2D eigenvalue weighted by Crippen LogP contribution is -2.38. The van der Waals surface area contributed by atoms with Crippen LogP contribution in [0.15, 0.2) is 53.6 Å². The molecule has 3 aromatic rings. The minimum Gasteiger partial charge on any atom is -0.497 e. The lowest BCUT2D eigenvalue weighted by atomic mass is 9.89. The molecule has 1 aliphatic heterocycles. The molecule has 0 aliphatic carbocycles. The summed E-state index contributed by atoms with van der Waals surface area (Å²) in [6.45, 7) is 5.07. The number of carbonyl (C=O) groups excluding carboxylic acids is 1. The molecule has 2 N–H and O–H groups in total. The quantitative estimate of drug-likeness (QED) is 0.541. The van der Waals surface area contributed by atoms with Crippen LogP contribution in [0.4, 0.5) is 0 Å². The number of aromatic nitrogens is 1. The van der Waals surface area contributed by atoms with Crippen molar-refractivity contribution in [1.82, 2.24) is 14.6 Å². The number of nitrogens with one attached hydrogen (secondary N) is 2. The van der Waals surface area contributed by atoms with E-state index in [0.29, 0.717) is 31.0 Å². The highest BCUT2D eigenvalue weighted by Crippen LogP contribution is 2.35. The second-order valence-electron chi connectivity index (χ2n) is 8.68. The molecule has 0 radical (unpaired) electrons. The number of carbonyl (C=O) groups is 1. The minimum atomic E-state index is -3.58. The van der Waals surface area contributed by atoms with Gasteiger partial charge in [-0.15, -0.1) is 0 Å². The van der Waals surface area contributed by atoms with E-state index in [1.54, 1.807) is 19.2 Å². The molecule has 0 spiro atoms. The van der Waals surface area contributed by atoms with Crippen LogP contribution in [0.2, 0.25) is 0 Å². The number of rotatable bonds is 7. The Morgan fingerprint density at radius 2 is 1.88 bits per heavy atom. The Kier molecular flexibility index (Phi) is 6.76. The number of amides is 1. The Morgan fingerprint density at radius 3 is 2.52 bits per heavy atom. The van der Waals surface area contributed by atoms with Crippen molar-refractivity contribution in [3.63, 3.8) is 0 Å². The summed E-state index contributed by atoms with van der Waals surface area (Å²) in [4.78, 5) is 18.4. The smallest absolute Gasteiger partial charge is 0.253 e. The van der Waals surface area contributed by atoms with Crippen molar-refractivity contribution in [3.8, 4) is 5.75 Å². The zero-order valence-corrected chi connectivity index (χ0v) is 20.1. The van der Waals surface area contributed by atoms with Crippen molar-refractivity contribution >= 4 is 26.8 Å². The monoisotopic (exact) mass is 469 g/mol. The van der Waals surface area contributed by atoms with Crippen LogP contribution in [0.3, 0.4) is 0 Å². The molecule has 33 heavy (non-hydrogen) atoms. The van der Waals surface area contributed by atoms with E-state index in [9.17, 15) is 13.2 Å². The molecule has 176 valence electrons. The average Bonchev–Trinajstić information content (AvgIpc) is 3.26. The van der Waals surface area contributed by atoms with Crippen LogP contribution in [-0.4, -0.2) is 50.5 Å². The molecule has 1 fully saturated rings. The second kappa shape index (κ2) is 9.57. The molecule has 1 aromatic heterocycles. The molecule has 4 rings (SSSR count). The lowest BCUT2D eigenvalue weighted by molar-refractivity contribution is 0.0713. The van der Waals surface area contributed by atoms with E-state index in [2.05, 4.69) is 22.0 Å². The first-order valence-electron chi connectivity index (χ1n) is 11.4. The predicted molar refractivity (Wildman–Crippen MR) is 129 cm³/mol. The van der Waals surface area contributed by atoms with Gasteiger partial charge in [0.2, 0.25) is 10.0 Å². The zero-order valence-electron chi connectivity index (χ0n) is 19.3. The number of hydrogen-bond acceptors (Lipinski definition) is 4. The molecule has 2 heterocycles. The second-order valence-corrected chi connectivity index (χ2v) is 10.4. The van der Waals surface area contributed by atoms with Crippen LogP contribution in [-0.2, 0) is 10.0 Å². The largest absolute Gasteiger partial charge is 0.497 e. The first kappa shape index (κ1) is 23.3. The average molecular weight is 470 g/mol. The molecule has 0 bridgehead atoms. The van der Waals surface area contributed by atoms with E-state index in [1.165, 1.54) is 23.1 Å². The number of hydrogen-bond donors (Lipinski definition) is 2. The van der Waals surface area contributed by atoms with E-state index < -0.39 is 10.0 Å². The highest BCUT2D eigenvalue weighted by atomic mass is 32.2. The van der Waals surface area contributed by atoms with Crippen molar-refractivity contribution in [2.24, 2.45) is 0 Å². The topological polar surface area (TPSA) is 91.5 Å². The van der Waals surface area contributed by atoms with Gasteiger partial charge in [-0.1, -0.05) is 6.92 Å². The van der Waals surface area contributed by atoms with Gasteiger partial charge in [0.15, 0.2) is 0 Å². The summed E-state index contributed by atoms with van der Waals surface area (Å²) in [5.41, 5.74) is 2.86. The van der Waals surface area contributed by atoms with Gasteiger partial charge in [-0.05, 0) is 80.1 Å². The maximum atomic E-state index is 13.0.